The molecule has 0 aliphatic heterocycles. The number of nitrogens with zero attached hydrogens (tertiary/aromatic N) is 2. The van der Waals surface area contributed by atoms with Crippen LogP contribution >= 0.6 is 0 Å². The predicted molar refractivity (Wildman–Crippen MR) is 52.1 cm³/mol. The summed E-state index contributed by atoms with van der Waals surface area (Å²) in [5.41, 5.74) is 5.51. The second-order valence-corrected chi connectivity index (χ2v) is 5.24. The van der Waals surface area contributed by atoms with Crippen LogP contribution in [0.25, 0.3) is 0 Å². The van der Waals surface area contributed by atoms with Gasteiger partial charge in [0.1, 0.15) is 4.90 Å². The summed E-state index contributed by atoms with van der Waals surface area (Å²) in [5, 5.41) is 6.04. The summed E-state index contributed by atoms with van der Waals surface area (Å²) in [4.78, 5) is 0.153. The molecule has 1 atom stereocenters. The number of aromatic amines is 1. The third-order valence-electron chi connectivity index (χ3n) is 1.73. The molecule has 0 amide bonds. The predicted octanol–water partition coefficient (Wildman–Crippen LogP) is -0.623. The van der Waals surface area contributed by atoms with E-state index in [2.05, 4.69) is 10.2 Å². The fourth-order valence-electron chi connectivity index (χ4n) is 1.06. The van der Waals surface area contributed by atoms with Gasteiger partial charge in [-0.25, -0.2) is 8.42 Å². The lowest BCUT2D eigenvalue weighted by atomic mass is 10.4. The largest absolute Gasteiger partial charge is 0.327 e. The van der Waals surface area contributed by atoms with Gasteiger partial charge in [0.05, 0.1) is 6.20 Å². The van der Waals surface area contributed by atoms with E-state index in [0.717, 1.165) is 0 Å². The summed E-state index contributed by atoms with van der Waals surface area (Å²) in [5.74, 6) is 0. The minimum atomic E-state index is -3.43. The standard InChI is InChI=1S/C7H14N4O2S/c1-6(8)5-11(2)14(12,13)7-3-9-10-4-7/h3-4,6H,5,8H2,1-2H3,(H,9,10). The Labute approximate surface area is 83.1 Å². The normalized spacial score (nSPS) is 14.6. The van der Waals surface area contributed by atoms with E-state index >= 15 is 0 Å². The Bertz CT molecular complexity index is 370. The van der Waals surface area contributed by atoms with Gasteiger partial charge in [-0.1, -0.05) is 0 Å². The van der Waals surface area contributed by atoms with E-state index < -0.39 is 10.0 Å². The van der Waals surface area contributed by atoms with Gasteiger partial charge in [0.25, 0.3) is 0 Å². The molecule has 0 saturated carbocycles. The Morgan fingerprint density at radius 1 is 1.71 bits per heavy atom. The Hall–Kier alpha value is -0.920. The van der Waals surface area contributed by atoms with Crippen LogP contribution in [0.5, 0.6) is 0 Å². The van der Waals surface area contributed by atoms with Crippen molar-refractivity contribution in [3.8, 4) is 0 Å². The van der Waals surface area contributed by atoms with Gasteiger partial charge in [-0.05, 0) is 6.92 Å². The minimum Gasteiger partial charge on any atom is -0.327 e. The van der Waals surface area contributed by atoms with Crippen LogP contribution in [0.3, 0.4) is 0 Å². The van der Waals surface area contributed by atoms with Gasteiger partial charge in [-0.3, -0.25) is 5.10 Å². The molecule has 0 fully saturated rings. The van der Waals surface area contributed by atoms with Crippen LogP contribution in [-0.4, -0.2) is 42.6 Å². The van der Waals surface area contributed by atoms with E-state index in [0.29, 0.717) is 0 Å². The number of likely N-dealkylation sites (N-methyl/N-ethyl adjacent to an activating group) is 1. The molecule has 0 bridgehead atoms. The first kappa shape index (κ1) is 11.2. The van der Waals surface area contributed by atoms with Crippen molar-refractivity contribution >= 4 is 10.0 Å². The van der Waals surface area contributed by atoms with Crippen molar-refractivity contribution < 1.29 is 8.42 Å². The maximum Gasteiger partial charge on any atom is 0.245 e. The van der Waals surface area contributed by atoms with Crippen LogP contribution in [-0.2, 0) is 10.0 Å². The Morgan fingerprint density at radius 2 is 2.36 bits per heavy atom. The molecule has 1 aromatic rings. The van der Waals surface area contributed by atoms with E-state index in [1.165, 1.54) is 23.7 Å². The summed E-state index contributed by atoms with van der Waals surface area (Å²) in [6.45, 7) is 2.04. The van der Waals surface area contributed by atoms with Gasteiger partial charge in [-0.2, -0.15) is 9.40 Å². The fourth-order valence-corrected chi connectivity index (χ4v) is 2.24. The molecule has 0 saturated heterocycles. The lowest BCUT2D eigenvalue weighted by Gasteiger charge is -2.17. The van der Waals surface area contributed by atoms with Crippen LogP contribution in [0.1, 0.15) is 6.92 Å². The summed E-state index contributed by atoms with van der Waals surface area (Å²) in [6.07, 6.45) is 2.61. The number of hydrogen-bond acceptors (Lipinski definition) is 4. The van der Waals surface area contributed by atoms with Crippen molar-refractivity contribution in [3.05, 3.63) is 12.4 Å². The van der Waals surface area contributed by atoms with E-state index in [1.807, 2.05) is 0 Å². The first-order valence-electron chi connectivity index (χ1n) is 4.15. The highest BCUT2D eigenvalue weighted by molar-refractivity contribution is 7.89. The SMILES string of the molecule is CC(N)CN(C)S(=O)(=O)c1cn[nH]c1. The summed E-state index contributed by atoms with van der Waals surface area (Å²) in [6, 6.07) is -0.193. The third-order valence-corrected chi connectivity index (χ3v) is 3.52. The maximum atomic E-state index is 11.7. The summed E-state index contributed by atoms with van der Waals surface area (Å²) < 4.78 is 24.7. The number of aromatic nitrogens is 2. The molecule has 0 aromatic carbocycles. The van der Waals surface area contributed by atoms with E-state index in [-0.39, 0.29) is 17.5 Å². The van der Waals surface area contributed by atoms with Gasteiger partial charge in [0, 0.05) is 25.8 Å². The number of rotatable bonds is 4. The van der Waals surface area contributed by atoms with Crippen molar-refractivity contribution in [2.45, 2.75) is 17.9 Å². The molecule has 3 N–H and O–H groups in total. The Morgan fingerprint density at radius 3 is 2.79 bits per heavy atom. The van der Waals surface area contributed by atoms with E-state index in [1.54, 1.807) is 6.92 Å². The topological polar surface area (TPSA) is 92.1 Å². The number of nitrogens with one attached hydrogen (secondary N) is 1. The average Bonchev–Trinajstić information content (AvgIpc) is 2.54. The molecule has 80 valence electrons. The molecule has 1 unspecified atom stereocenters. The van der Waals surface area contributed by atoms with Crippen molar-refractivity contribution in [1.29, 1.82) is 0 Å². The second-order valence-electron chi connectivity index (χ2n) is 3.20. The highest BCUT2D eigenvalue weighted by Crippen LogP contribution is 2.11. The highest BCUT2D eigenvalue weighted by Gasteiger charge is 2.22. The molecular formula is C7H14N4O2S. The quantitative estimate of drug-likeness (QED) is 0.704. The molecule has 0 aliphatic rings. The van der Waals surface area contributed by atoms with E-state index in [9.17, 15) is 8.42 Å². The molecule has 1 rings (SSSR count). The number of hydrogen-bond donors (Lipinski definition) is 2. The minimum absolute atomic E-state index is 0.153. The van der Waals surface area contributed by atoms with Gasteiger partial charge in [0.15, 0.2) is 0 Å². The van der Waals surface area contributed by atoms with Crippen molar-refractivity contribution in [3.63, 3.8) is 0 Å². The Kier molecular flexibility index (Phi) is 3.25. The van der Waals surface area contributed by atoms with Crippen LogP contribution < -0.4 is 5.73 Å². The van der Waals surface area contributed by atoms with E-state index in [4.69, 9.17) is 5.73 Å². The molecule has 0 radical (unpaired) electrons. The first-order valence-corrected chi connectivity index (χ1v) is 5.59. The number of sulfonamides is 1. The molecule has 1 heterocycles. The van der Waals surface area contributed by atoms with Gasteiger partial charge < -0.3 is 5.73 Å². The molecule has 7 heteroatoms. The van der Waals surface area contributed by atoms with Gasteiger partial charge >= 0.3 is 0 Å². The first-order chi connectivity index (χ1) is 6.44. The van der Waals surface area contributed by atoms with Crippen LogP contribution in [0.15, 0.2) is 17.3 Å². The third kappa shape index (κ3) is 2.31. The molecule has 14 heavy (non-hydrogen) atoms. The van der Waals surface area contributed by atoms with Crippen molar-refractivity contribution in [2.75, 3.05) is 13.6 Å². The van der Waals surface area contributed by atoms with Crippen molar-refractivity contribution in [1.82, 2.24) is 14.5 Å². The zero-order chi connectivity index (χ0) is 10.8. The Balaban J connectivity index is 2.86. The van der Waals surface area contributed by atoms with Crippen LogP contribution in [0, 0.1) is 0 Å². The van der Waals surface area contributed by atoms with Gasteiger partial charge in [0.2, 0.25) is 10.0 Å². The smallest absolute Gasteiger partial charge is 0.245 e. The molecule has 6 nitrogen and oxygen atoms in total. The lowest BCUT2D eigenvalue weighted by Crippen LogP contribution is -2.36. The van der Waals surface area contributed by atoms with Gasteiger partial charge in [-0.15, -0.1) is 0 Å². The summed E-state index contributed by atoms with van der Waals surface area (Å²) >= 11 is 0. The zero-order valence-corrected chi connectivity index (χ0v) is 8.95. The molecule has 0 aliphatic carbocycles. The average molecular weight is 218 g/mol. The van der Waals surface area contributed by atoms with Crippen molar-refractivity contribution in [2.24, 2.45) is 5.73 Å². The number of nitrogens with two attached hydrogens (primary N) is 1. The molecule has 1 aromatic heterocycles. The lowest BCUT2D eigenvalue weighted by molar-refractivity contribution is 0.445. The maximum absolute atomic E-state index is 11.7. The monoisotopic (exact) mass is 218 g/mol. The fraction of sp³-hybridized carbons (Fsp3) is 0.571. The van der Waals surface area contributed by atoms with Crippen LogP contribution in [0.4, 0.5) is 0 Å². The highest BCUT2D eigenvalue weighted by atomic mass is 32.2. The molecule has 0 spiro atoms. The second kappa shape index (κ2) is 4.07. The number of H-pyrrole nitrogens is 1. The van der Waals surface area contributed by atoms with Crippen LogP contribution in [0.2, 0.25) is 0 Å². The summed E-state index contributed by atoms with van der Waals surface area (Å²) in [7, 11) is -1.94. The molecular weight excluding hydrogens is 204 g/mol. The zero-order valence-electron chi connectivity index (χ0n) is 8.14.